The molecule has 0 saturated heterocycles. The molecule has 0 heterocycles. The van der Waals surface area contributed by atoms with Crippen LogP contribution in [0.2, 0.25) is 0 Å². The van der Waals surface area contributed by atoms with Crippen LogP contribution in [0.1, 0.15) is 0 Å². The third-order valence-corrected chi connectivity index (χ3v) is 2.03. The largest absolute Gasteiger partial charge is 0.387 e. The van der Waals surface area contributed by atoms with Crippen LogP contribution >= 0.6 is 11.6 Å². The second-order valence-electron chi connectivity index (χ2n) is 2.22. The van der Waals surface area contributed by atoms with Gasteiger partial charge in [0.2, 0.25) is 0 Å². The summed E-state index contributed by atoms with van der Waals surface area (Å²) in [7, 11) is 0. The molecule has 1 rings (SSSR count). The van der Waals surface area contributed by atoms with Gasteiger partial charge in [-0.2, -0.15) is 0 Å². The summed E-state index contributed by atoms with van der Waals surface area (Å²) in [5, 5.41) is 9.29. The Bertz CT molecular complexity index is 195. The highest BCUT2D eigenvalue weighted by Gasteiger charge is 2.28. The number of allylic oxidation sites excluding steroid dienone is 2. The molecule has 1 nitrogen and oxygen atoms in total. The number of aliphatic hydroxyl groups is 1. The van der Waals surface area contributed by atoms with Crippen LogP contribution < -0.4 is 0 Å². The van der Waals surface area contributed by atoms with E-state index in [1.54, 1.807) is 24.3 Å². The lowest BCUT2D eigenvalue weighted by molar-refractivity contribution is 0.206. The molecule has 2 unspecified atom stereocenters. The molecule has 0 amide bonds. The van der Waals surface area contributed by atoms with Crippen molar-refractivity contribution in [1.29, 1.82) is 0 Å². The van der Waals surface area contributed by atoms with Crippen LogP contribution in [0.15, 0.2) is 37.0 Å². The van der Waals surface area contributed by atoms with Crippen molar-refractivity contribution >= 4 is 11.6 Å². The SMILES string of the molecule is C=CC1(Cl)C=CC=CC1O. The third kappa shape index (κ3) is 1.15. The first-order chi connectivity index (χ1) is 4.69. The fourth-order valence-corrected chi connectivity index (χ4v) is 0.953. The minimum atomic E-state index is -0.797. The summed E-state index contributed by atoms with van der Waals surface area (Å²) >= 11 is 5.90. The van der Waals surface area contributed by atoms with Gasteiger partial charge in [0.1, 0.15) is 4.87 Å². The minimum Gasteiger partial charge on any atom is -0.387 e. The standard InChI is InChI=1S/C8H9ClO/c1-2-8(9)6-4-3-5-7(8)10/h2-7,10H,1H2. The van der Waals surface area contributed by atoms with E-state index in [9.17, 15) is 5.11 Å². The summed E-state index contributed by atoms with van der Waals surface area (Å²) in [6, 6.07) is 0. The number of alkyl halides is 1. The molecular weight excluding hydrogens is 148 g/mol. The summed E-state index contributed by atoms with van der Waals surface area (Å²) in [5.74, 6) is 0. The molecule has 2 atom stereocenters. The second kappa shape index (κ2) is 2.60. The van der Waals surface area contributed by atoms with E-state index in [0.29, 0.717) is 0 Å². The first kappa shape index (κ1) is 7.58. The second-order valence-corrected chi connectivity index (χ2v) is 2.87. The topological polar surface area (TPSA) is 20.2 Å². The lowest BCUT2D eigenvalue weighted by atomic mass is 9.97. The summed E-state index contributed by atoms with van der Waals surface area (Å²) in [6.07, 6.45) is 7.77. The van der Waals surface area contributed by atoms with Crippen LogP contribution in [0.25, 0.3) is 0 Å². The summed E-state index contributed by atoms with van der Waals surface area (Å²) in [6.45, 7) is 3.53. The maximum atomic E-state index is 9.29. The van der Waals surface area contributed by atoms with Crippen LogP contribution in [0.4, 0.5) is 0 Å². The Balaban J connectivity index is 2.87. The van der Waals surface area contributed by atoms with E-state index in [4.69, 9.17) is 11.6 Å². The van der Waals surface area contributed by atoms with Gasteiger partial charge in [-0.1, -0.05) is 30.4 Å². The molecule has 0 aromatic heterocycles. The molecule has 2 heteroatoms. The van der Waals surface area contributed by atoms with Crippen molar-refractivity contribution in [3.05, 3.63) is 37.0 Å². The lowest BCUT2D eigenvalue weighted by Crippen LogP contribution is -2.32. The van der Waals surface area contributed by atoms with E-state index in [0.717, 1.165) is 0 Å². The zero-order valence-electron chi connectivity index (χ0n) is 5.50. The Morgan fingerprint density at radius 2 is 2.30 bits per heavy atom. The maximum Gasteiger partial charge on any atom is 0.110 e. The van der Waals surface area contributed by atoms with Gasteiger partial charge in [-0.3, -0.25) is 0 Å². The molecule has 0 spiro atoms. The van der Waals surface area contributed by atoms with Gasteiger partial charge in [0, 0.05) is 0 Å². The molecular formula is C8H9ClO. The number of aliphatic hydroxyl groups excluding tert-OH is 1. The molecule has 0 aliphatic heterocycles. The van der Waals surface area contributed by atoms with Crippen molar-refractivity contribution in [2.75, 3.05) is 0 Å². The summed E-state index contributed by atoms with van der Waals surface area (Å²) < 4.78 is 0. The van der Waals surface area contributed by atoms with Crippen molar-refractivity contribution in [1.82, 2.24) is 0 Å². The van der Waals surface area contributed by atoms with E-state index >= 15 is 0 Å². The average Bonchev–Trinajstić information content (AvgIpc) is 1.96. The van der Waals surface area contributed by atoms with E-state index in [1.165, 1.54) is 6.08 Å². The molecule has 1 aliphatic rings. The molecule has 0 aromatic carbocycles. The van der Waals surface area contributed by atoms with Gasteiger partial charge in [-0.25, -0.2) is 0 Å². The van der Waals surface area contributed by atoms with Gasteiger partial charge < -0.3 is 5.11 Å². The Morgan fingerprint density at radius 3 is 2.70 bits per heavy atom. The third-order valence-electron chi connectivity index (χ3n) is 1.52. The highest BCUT2D eigenvalue weighted by molar-refractivity contribution is 6.27. The van der Waals surface area contributed by atoms with Gasteiger partial charge in [0.15, 0.2) is 0 Å². The Hall–Kier alpha value is -0.530. The maximum absolute atomic E-state index is 9.29. The predicted octanol–water partition coefficient (Wildman–Crippen LogP) is 1.64. The first-order valence-electron chi connectivity index (χ1n) is 3.05. The minimum absolute atomic E-state index is 0.656. The Kier molecular flexibility index (Phi) is 1.97. The Morgan fingerprint density at radius 1 is 1.60 bits per heavy atom. The zero-order valence-corrected chi connectivity index (χ0v) is 6.25. The fraction of sp³-hybridized carbons (Fsp3) is 0.250. The van der Waals surface area contributed by atoms with E-state index in [2.05, 4.69) is 6.58 Å². The van der Waals surface area contributed by atoms with Crippen molar-refractivity contribution < 1.29 is 5.11 Å². The molecule has 0 saturated carbocycles. The van der Waals surface area contributed by atoms with Gasteiger partial charge >= 0.3 is 0 Å². The number of halogens is 1. The van der Waals surface area contributed by atoms with Gasteiger partial charge in [0.25, 0.3) is 0 Å². The van der Waals surface area contributed by atoms with Crippen LogP contribution in [-0.4, -0.2) is 16.1 Å². The normalized spacial score (nSPS) is 38.0. The Labute approximate surface area is 65.3 Å². The highest BCUT2D eigenvalue weighted by Crippen LogP contribution is 2.26. The average molecular weight is 157 g/mol. The van der Waals surface area contributed by atoms with Gasteiger partial charge in [-0.15, -0.1) is 18.2 Å². The van der Waals surface area contributed by atoms with Gasteiger partial charge in [0.05, 0.1) is 6.10 Å². The molecule has 0 radical (unpaired) electrons. The van der Waals surface area contributed by atoms with E-state index < -0.39 is 11.0 Å². The number of rotatable bonds is 1. The monoisotopic (exact) mass is 156 g/mol. The van der Waals surface area contributed by atoms with Crippen molar-refractivity contribution in [3.8, 4) is 0 Å². The van der Waals surface area contributed by atoms with Gasteiger partial charge in [-0.05, 0) is 0 Å². The summed E-state index contributed by atoms with van der Waals surface area (Å²) in [5.41, 5.74) is 0. The first-order valence-corrected chi connectivity index (χ1v) is 3.43. The van der Waals surface area contributed by atoms with Crippen LogP contribution in [-0.2, 0) is 0 Å². The number of hydrogen-bond acceptors (Lipinski definition) is 1. The molecule has 0 fully saturated rings. The molecule has 54 valence electrons. The molecule has 0 aromatic rings. The van der Waals surface area contributed by atoms with Crippen molar-refractivity contribution in [2.45, 2.75) is 11.0 Å². The number of hydrogen-bond donors (Lipinski definition) is 1. The van der Waals surface area contributed by atoms with Crippen LogP contribution in [0.3, 0.4) is 0 Å². The fourth-order valence-electron chi connectivity index (χ4n) is 0.807. The molecule has 0 bridgehead atoms. The lowest BCUT2D eigenvalue weighted by Gasteiger charge is -2.24. The predicted molar refractivity (Wildman–Crippen MR) is 43.1 cm³/mol. The van der Waals surface area contributed by atoms with E-state index in [1.807, 2.05) is 0 Å². The molecule has 1 N–H and O–H groups in total. The van der Waals surface area contributed by atoms with E-state index in [-0.39, 0.29) is 0 Å². The highest BCUT2D eigenvalue weighted by atomic mass is 35.5. The smallest absolute Gasteiger partial charge is 0.110 e. The van der Waals surface area contributed by atoms with Crippen LogP contribution in [0, 0.1) is 0 Å². The molecule has 10 heavy (non-hydrogen) atoms. The van der Waals surface area contributed by atoms with Crippen LogP contribution in [0.5, 0.6) is 0 Å². The molecule has 1 aliphatic carbocycles. The summed E-state index contributed by atoms with van der Waals surface area (Å²) in [4.78, 5) is -0.797. The van der Waals surface area contributed by atoms with Crippen molar-refractivity contribution in [2.24, 2.45) is 0 Å². The quantitative estimate of drug-likeness (QED) is 0.452. The zero-order chi connectivity index (χ0) is 7.61. The van der Waals surface area contributed by atoms with Crippen molar-refractivity contribution in [3.63, 3.8) is 0 Å².